The Morgan fingerprint density at radius 1 is 1.17 bits per heavy atom. The number of anilines is 1. The second-order valence-corrected chi connectivity index (χ2v) is 11.1. The zero-order valence-corrected chi connectivity index (χ0v) is 21.7. The number of piperidine rings is 1. The molecule has 2 aromatic rings. The molecular formula is C28H39N3O4. The number of aryl methyl sites for hydroxylation is 1. The molecule has 2 aliphatic rings. The molecule has 1 aliphatic heterocycles. The third-order valence-corrected chi connectivity index (χ3v) is 7.34. The van der Waals surface area contributed by atoms with Gasteiger partial charge in [-0.05, 0) is 69.9 Å². The first kappa shape index (κ1) is 25.4. The molecule has 1 N–H and O–H groups in total. The van der Waals surface area contributed by atoms with Crippen LogP contribution in [-0.4, -0.2) is 46.8 Å². The topological polar surface area (TPSA) is 84.8 Å². The quantitative estimate of drug-likeness (QED) is 0.484. The Hall–Kier alpha value is -2.67. The Balaban J connectivity index is 1.74. The minimum Gasteiger partial charge on any atom is -0.492 e. The van der Waals surface area contributed by atoms with Crippen LogP contribution in [0.5, 0.6) is 5.75 Å². The van der Waals surface area contributed by atoms with Gasteiger partial charge < -0.3 is 19.5 Å². The summed E-state index contributed by atoms with van der Waals surface area (Å²) in [5, 5.41) is 10.1. The van der Waals surface area contributed by atoms with Gasteiger partial charge in [-0.25, -0.2) is 4.79 Å². The lowest BCUT2D eigenvalue weighted by molar-refractivity contribution is -0.153. The molecule has 2 aromatic heterocycles. The summed E-state index contributed by atoms with van der Waals surface area (Å²) in [7, 11) is 0. The van der Waals surface area contributed by atoms with Gasteiger partial charge in [0.1, 0.15) is 5.75 Å². The lowest BCUT2D eigenvalue weighted by Crippen LogP contribution is -2.39. The molecule has 1 atom stereocenters. The summed E-state index contributed by atoms with van der Waals surface area (Å²) < 4.78 is 11.9. The molecule has 0 amide bonds. The maximum absolute atomic E-state index is 12.4. The van der Waals surface area contributed by atoms with Crippen LogP contribution < -0.4 is 9.64 Å². The van der Waals surface area contributed by atoms with E-state index < -0.39 is 12.1 Å². The monoisotopic (exact) mass is 481 g/mol. The van der Waals surface area contributed by atoms with Crippen molar-refractivity contribution in [3.8, 4) is 17.0 Å². The van der Waals surface area contributed by atoms with E-state index in [9.17, 15) is 9.90 Å². The van der Waals surface area contributed by atoms with E-state index in [-0.39, 0.29) is 11.5 Å². The van der Waals surface area contributed by atoms with Crippen molar-refractivity contribution in [2.75, 3.05) is 24.6 Å². The number of carbonyl (C=O) groups is 1. The summed E-state index contributed by atoms with van der Waals surface area (Å²) in [6.45, 7) is 12.6. The second kappa shape index (κ2) is 10.5. The number of carboxylic acid groups (broad SMARTS) is 1. The number of hydrogen-bond donors (Lipinski definition) is 1. The lowest BCUT2D eigenvalue weighted by atomic mass is 9.82. The van der Waals surface area contributed by atoms with Gasteiger partial charge in [0, 0.05) is 36.1 Å². The second-order valence-electron chi connectivity index (χ2n) is 11.1. The zero-order valence-electron chi connectivity index (χ0n) is 21.7. The van der Waals surface area contributed by atoms with Crippen LogP contribution in [0.15, 0.2) is 24.5 Å². The Morgan fingerprint density at radius 2 is 1.89 bits per heavy atom. The van der Waals surface area contributed by atoms with Crippen LogP contribution in [0.1, 0.15) is 77.2 Å². The molecule has 3 heterocycles. The number of nitrogens with zero attached hydrogens (tertiary/aromatic N) is 3. The van der Waals surface area contributed by atoms with Crippen molar-refractivity contribution in [1.82, 2.24) is 9.97 Å². The van der Waals surface area contributed by atoms with Crippen LogP contribution in [0, 0.1) is 18.3 Å². The Labute approximate surface area is 208 Å². The van der Waals surface area contributed by atoms with Gasteiger partial charge in [0.2, 0.25) is 0 Å². The SMILES string of the molecule is Cc1ncc(-c2ccc(OCC3CCC3)cn2)c(N2CCC(C)(C)CC2)c1[C@H](OC(C)C)C(=O)O. The molecule has 190 valence electrons. The van der Waals surface area contributed by atoms with Crippen LogP contribution in [-0.2, 0) is 9.53 Å². The smallest absolute Gasteiger partial charge is 0.337 e. The number of pyridine rings is 2. The van der Waals surface area contributed by atoms with Gasteiger partial charge in [-0.15, -0.1) is 0 Å². The third-order valence-electron chi connectivity index (χ3n) is 7.34. The van der Waals surface area contributed by atoms with Crippen LogP contribution in [0.2, 0.25) is 0 Å². The summed E-state index contributed by atoms with van der Waals surface area (Å²) in [5.74, 6) is 0.406. The molecule has 0 spiro atoms. The van der Waals surface area contributed by atoms with Crippen molar-refractivity contribution < 1.29 is 19.4 Å². The number of aliphatic carboxylic acids is 1. The van der Waals surface area contributed by atoms with Crippen molar-refractivity contribution in [1.29, 1.82) is 0 Å². The first-order valence-electron chi connectivity index (χ1n) is 12.9. The Morgan fingerprint density at radius 3 is 2.43 bits per heavy atom. The first-order valence-corrected chi connectivity index (χ1v) is 12.9. The van der Waals surface area contributed by atoms with Crippen molar-refractivity contribution in [2.45, 2.75) is 78.9 Å². The van der Waals surface area contributed by atoms with Gasteiger partial charge in [0.05, 0.1) is 30.3 Å². The summed E-state index contributed by atoms with van der Waals surface area (Å²) >= 11 is 0. The van der Waals surface area contributed by atoms with Crippen LogP contribution in [0.4, 0.5) is 5.69 Å². The highest BCUT2D eigenvalue weighted by atomic mass is 16.5. The number of carboxylic acids is 1. The largest absolute Gasteiger partial charge is 0.492 e. The van der Waals surface area contributed by atoms with E-state index in [1.807, 2.05) is 39.1 Å². The zero-order chi connectivity index (χ0) is 25.2. The predicted molar refractivity (Wildman–Crippen MR) is 137 cm³/mol. The van der Waals surface area contributed by atoms with Crippen molar-refractivity contribution in [2.24, 2.45) is 11.3 Å². The normalized spacial score (nSPS) is 18.9. The maximum Gasteiger partial charge on any atom is 0.337 e. The number of rotatable bonds is 9. The average molecular weight is 482 g/mol. The molecule has 1 saturated heterocycles. The number of hydrogen-bond acceptors (Lipinski definition) is 6. The van der Waals surface area contributed by atoms with E-state index >= 15 is 0 Å². The van der Waals surface area contributed by atoms with E-state index in [0.29, 0.717) is 17.2 Å². The van der Waals surface area contributed by atoms with Crippen LogP contribution >= 0.6 is 0 Å². The highest BCUT2D eigenvalue weighted by molar-refractivity contribution is 5.85. The Kier molecular flexibility index (Phi) is 7.64. The number of aromatic nitrogens is 2. The van der Waals surface area contributed by atoms with Crippen LogP contribution in [0.3, 0.4) is 0 Å². The average Bonchev–Trinajstić information content (AvgIpc) is 2.77. The minimum absolute atomic E-state index is 0.238. The molecule has 4 rings (SSSR count). The van der Waals surface area contributed by atoms with Crippen molar-refractivity contribution in [3.05, 3.63) is 35.8 Å². The molecule has 35 heavy (non-hydrogen) atoms. The fourth-order valence-corrected chi connectivity index (χ4v) is 4.81. The standard InChI is InChI=1S/C28H39N3O4/c1-18(2)35-26(27(32)33)24-19(3)29-16-22(25(24)31-13-11-28(4,5)12-14-31)23-10-9-21(15-30-23)34-17-20-7-6-8-20/h9-10,15-16,18,20,26H,6-8,11-14,17H2,1-5H3,(H,32,33)/t26-/m0/s1. The molecule has 0 radical (unpaired) electrons. The minimum atomic E-state index is -1.10. The van der Waals surface area contributed by atoms with E-state index in [2.05, 4.69) is 23.7 Å². The van der Waals surface area contributed by atoms with Gasteiger partial charge in [0.15, 0.2) is 6.10 Å². The molecular weight excluding hydrogens is 442 g/mol. The summed E-state index contributed by atoms with van der Waals surface area (Å²) in [6, 6.07) is 3.89. The molecule has 1 saturated carbocycles. The fourth-order valence-electron chi connectivity index (χ4n) is 4.81. The van der Waals surface area contributed by atoms with E-state index in [1.165, 1.54) is 19.3 Å². The fraction of sp³-hybridized carbons (Fsp3) is 0.607. The van der Waals surface area contributed by atoms with Gasteiger partial charge in [0.25, 0.3) is 0 Å². The summed E-state index contributed by atoms with van der Waals surface area (Å²) in [6.07, 6.45) is 8.06. The third kappa shape index (κ3) is 5.95. The van der Waals surface area contributed by atoms with E-state index in [1.54, 1.807) is 6.20 Å². The number of ether oxygens (including phenoxy) is 2. The van der Waals surface area contributed by atoms with Gasteiger partial charge in [-0.1, -0.05) is 20.3 Å². The predicted octanol–water partition coefficient (Wildman–Crippen LogP) is 5.81. The highest BCUT2D eigenvalue weighted by Crippen LogP contribution is 2.42. The van der Waals surface area contributed by atoms with E-state index in [0.717, 1.165) is 55.2 Å². The molecule has 0 unspecified atom stereocenters. The van der Waals surface area contributed by atoms with Crippen LogP contribution in [0.25, 0.3) is 11.3 Å². The molecule has 7 nitrogen and oxygen atoms in total. The molecule has 0 bridgehead atoms. The highest BCUT2D eigenvalue weighted by Gasteiger charge is 2.34. The molecule has 7 heteroatoms. The van der Waals surface area contributed by atoms with Crippen molar-refractivity contribution >= 4 is 11.7 Å². The van der Waals surface area contributed by atoms with Crippen molar-refractivity contribution in [3.63, 3.8) is 0 Å². The summed E-state index contributed by atoms with van der Waals surface area (Å²) in [4.78, 5) is 24.0. The molecule has 2 fully saturated rings. The van der Waals surface area contributed by atoms with Gasteiger partial charge in [-0.2, -0.15) is 0 Å². The lowest BCUT2D eigenvalue weighted by Gasteiger charge is -2.40. The molecule has 0 aromatic carbocycles. The summed E-state index contributed by atoms with van der Waals surface area (Å²) in [5.41, 5.74) is 4.00. The first-order chi connectivity index (χ1) is 16.6. The van der Waals surface area contributed by atoms with Gasteiger partial charge in [-0.3, -0.25) is 9.97 Å². The Bertz CT molecular complexity index is 1020. The maximum atomic E-state index is 12.4. The van der Waals surface area contributed by atoms with E-state index in [4.69, 9.17) is 14.5 Å². The molecule has 1 aliphatic carbocycles. The van der Waals surface area contributed by atoms with Gasteiger partial charge >= 0.3 is 5.97 Å².